The molecule has 0 aliphatic carbocycles. The normalized spacial score (nSPS) is 10.4. The highest BCUT2D eigenvalue weighted by Gasteiger charge is 2.07. The summed E-state index contributed by atoms with van der Waals surface area (Å²) in [7, 11) is 1.79. The number of aromatic nitrogens is 2. The average Bonchev–Trinajstić information content (AvgIpc) is 3.00. The molecule has 1 aromatic heterocycles. The molecule has 1 heterocycles. The predicted octanol–water partition coefficient (Wildman–Crippen LogP) is 1.79. The zero-order chi connectivity index (χ0) is 17.4. The van der Waals surface area contributed by atoms with Crippen LogP contribution in [0.2, 0.25) is 0 Å². The van der Waals surface area contributed by atoms with Crippen molar-refractivity contribution in [2.24, 2.45) is 0 Å². The minimum absolute atomic E-state index is 0.0800. The van der Waals surface area contributed by atoms with E-state index >= 15 is 0 Å². The van der Waals surface area contributed by atoms with Crippen molar-refractivity contribution in [1.82, 2.24) is 15.1 Å². The first-order valence-corrected chi connectivity index (χ1v) is 8.74. The Kier molecular flexibility index (Phi) is 6.83. The molecule has 3 N–H and O–H groups in total. The highest BCUT2D eigenvalue weighted by Crippen LogP contribution is 2.17. The van der Waals surface area contributed by atoms with Gasteiger partial charge in [0.05, 0.1) is 11.9 Å². The van der Waals surface area contributed by atoms with E-state index in [0.29, 0.717) is 18.7 Å². The Hall–Kier alpha value is -2.32. The quantitative estimate of drug-likeness (QED) is 0.634. The Morgan fingerprint density at radius 3 is 2.50 bits per heavy atom. The zero-order valence-electron chi connectivity index (χ0n) is 13.7. The van der Waals surface area contributed by atoms with Gasteiger partial charge in [-0.1, -0.05) is 0 Å². The molecule has 0 bridgehead atoms. The zero-order valence-corrected chi connectivity index (χ0v) is 14.5. The summed E-state index contributed by atoms with van der Waals surface area (Å²) in [5.41, 5.74) is 1.32. The van der Waals surface area contributed by atoms with E-state index in [4.69, 9.17) is 0 Å². The van der Waals surface area contributed by atoms with E-state index in [9.17, 15) is 9.59 Å². The first-order valence-electron chi connectivity index (χ1n) is 7.51. The minimum Gasteiger partial charge on any atom is -0.324 e. The third kappa shape index (κ3) is 5.71. The van der Waals surface area contributed by atoms with Gasteiger partial charge in [-0.2, -0.15) is 5.10 Å². The van der Waals surface area contributed by atoms with Gasteiger partial charge in [-0.25, -0.2) is 0 Å². The van der Waals surface area contributed by atoms with Crippen LogP contribution in [-0.2, 0) is 16.1 Å². The number of hydrogen-bond donors (Lipinski definition) is 3. The monoisotopic (exact) mass is 347 g/mol. The molecule has 0 fully saturated rings. The second-order valence-corrected chi connectivity index (χ2v) is 5.98. The molecule has 0 aliphatic rings. The van der Waals surface area contributed by atoms with E-state index in [1.165, 1.54) is 10.9 Å². The van der Waals surface area contributed by atoms with Gasteiger partial charge in [0, 0.05) is 29.7 Å². The summed E-state index contributed by atoms with van der Waals surface area (Å²) in [6, 6.07) is 7.63. The lowest BCUT2D eigenvalue weighted by Gasteiger charge is -2.06. The van der Waals surface area contributed by atoms with E-state index in [0.717, 1.165) is 10.6 Å². The molecule has 0 atom stereocenters. The molecule has 2 aromatic rings. The fraction of sp³-hybridized carbons (Fsp3) is 0.312. The van der Waals surface area contributed by atoms with Crippen LogP contribution in [0.15, 0.2) is 41.6 Å². The third-order valence-electron chi connectivity index (χ3n) is 3.20. The maximum Gasteiger partial charge on any atom is 0.246 e. The van der Waals surface area contributed by atoms with Gasteiger partial charge in [0.25, 0.3) is 0 Å². The molecule has 24 heavy (non-hydrogen) atoms. The van der Waals surface area contributed by atoms with Crippen LogP contribution < -0.4 is 16.0 Å². The van der Waals surface area contributed by atoms with Crippen LogP contribution in [0.1, 0.15) is 6.42 Å². The number of benzene rings is 1. The van der Waals surface area contributed by atoms with Gasteiger partial charge in [0.15, 0.2) is 0 Å². The summed E-state index contributed by atoms with van der Waals surface area (Å²) >= 11 is 1.65. The maximum atomic E-state index is 12.0. The van der Waals surface area contributed by atoms with Crippen molar-refractivity contribution >= 4 is 35.0 Å². The summed E-state index contributed by atoms with van der Waals surface area (Å²) in [6.45, 7) is 0.689. The number of nitrogens with zero attached hydrogens (tertiary/aromatic N) is 2. The van der Waals surface area contributed by atoms with Gasteiger partial charge in [0.2, 0.25) is 11.8 Å². The summed E-state index contributed by atoms with van der Waals surface area (Å²) in [5.74, 6) is -0.273. The topological polar surface area (TPSA) is 88.1 Å². The number of rotatable bonds is 8. The van der Waals surface area contributed by atoms with Crippen molar-refractivity contribution < 1.29 is 9.59 Å². The van der Waals surface area contributed by atoms with Crippen LogP contribution >= 0.6 is 11.8 Å². The van der Waals surface area contributed by atoms with Crippen LogP contribution in [0, 0.1) is 0 Å². The molecule has 1 aromatic carbocycles. The van der Waals surface area contributed by atoms with Gasteiger partial charge < -0.3 is 16.0 Å². The number of carbonyl (C=O) groups is 2. The van der Waals surface area contributed by atoms with Crippen LogP contribution in [0.5, 0.6) is 0 Å². The summed E-state index contributed by atoms with van der Waals surface area (Å²) in [5, 5.41) is 12.5. The van der Waals surface area contributed by atoms with E-state index in [1.807, 2.05) is 30.5 Å². The molecule has 128 valence electrons. The van der Waals surface area contributed by atoms with Crippen LogP contribution in [0.25, 0.3) is 0 Å². The fourth-order valence-electron chi connectivity index (χ4n) is 2.00. The Labute approximate surface area is 145 Å². The van der Waals surface area contributed by atoms with E-state index in [-0.39, 0.29) is 18.4 Å². The molecule has 0 saturated carbocycles. The van der Waals surface area contributed by atoms with Crippen molar-refractivity contribution in [3.05, 3.63) is 36.7 Å². The number of carbonyl (C=O) groups excluding carboxylic acids is 2. The van der Waals surface area contributed by atoms with E-state index in [2.05, 4.69) is 21.0 Å². The first-order chi connectivity index (χ1) is 11.6. The molecule has 7 nitrogen and oxygen atoms in total. The second-order valence-electron chi connectivity index (χ2n) is 5.10. The largest absolute Gasteiger partial charge is 0.324 e. The van der Waals surface area contributed by atoms with E-state index < -0.39 is 0 Å². The van der Waals surface area contributed by atoms with Gasteiger partial charge in [-0.05, 0) is 37.6 Å². The Bertz CT molecular complexity index is 684. The molecule has 0 saturated heterocycles. The lowest BCUT2D eigenvalue weighted by Crippen LogP contribution is -2.19. The molecule has 2 rings (SSSR count). The van der Waals surface area contributed by atoms with Gasteiger partial charge >= 0.3 is 0 Å². The third-order valence-corrected chi connectivity index (χ3v) is 3.94. The molecule has 0 unspecified atom stereocenters. The van der Waals surface area contributed by atoms with Crippen molar-refractivity contribution in [1.29, 1.82) is 0 Å². The lowest BCUT2D eigenvalue weighted by atomic mass is 10.3. The predicted molar refractivity (Wildman–Crippen MR) is 96.3 cm³/mol. The number of hydrogen-bond acceptors (Lipinski definition) is 5. The standard InChI is InChI=1S/C16H21N5O2S/c1-17-8-7-15(22)20-13-9-18-21(10-13)11-16(23)19-12-3-5-14(24-2)6-4-12/h3-6,9-10,17H,7-8,11H2,1-2H3,(H,19,23)(H,20,22). The van der Waals surface area contributed by atoms with Crippen LogP contribution in [0.3, 0.4) is 0 Å². The Morgan fingerprint density at radius 2 is 1.83 bits per heavy atom. The maximum absolute atomic E-state index is 12.0. The molecule has 0 spiro atoms. The average molecular weight is 347 g/mol. The SMILES string of the molecule is CNCCC(=O)Nc1cnn(CC(=O)Nc2ccc(SC)cc2)c1. The summed E-state index contributed by atoms with van der Waals surface area (Å²) < 4.78 is 1.49. The summed E-state index contributed by atoms with van der Waals surface area (Å²) in [4.78, 5) is 24.8. The number of nitrogens with one attached hydrogen (secondary N) is 3. The second kappa shape index (κ2) is 9.09. The highest BCUT2D eigenvalue weighted by molar-refractivity contribution is 7.98. The fourth-order valence-corrected chi connectivity index (χ4v) is 2.41. The Balaban J connectivity index is 1.84. The minimum atomic E-state index is -0.178. The van der Waals surface area contributed by atoms with Gasteiger partial charge in [0.1, 0.15) is 6.54 Å². The molecule has 0 aliphatic heterocycles. The summed E-state index contributed by atoms with van der Waals surface area (Å²) in [6.07, 6.45) is 5.54. The molecule has 0 radical (unpaired) electrons. The van der Waals surface area contributed by atoms with Gasteiger partial charge in [-0.15, -0.1) is 11.8 Å². The number of thioether (sulfide) groups is 1. The molecular formula is C16H21N5O2S. The Morgan fingerprint density at radius 1 is 1.12 bits per heavy atom. The van der Waals surface area contributed by atoms with Crippen molar-refractivity contribution in [2.75, 3.05) is 30.5 Å². The smallest absolute Gasteiger partial charge is 0.246 e. The number of amides is 2. The lowest BCUT2D eigenvalue weighted by molar-refractivity contribution is -0.117. The van der Waals surface area contributed by atoms with Crippen LogP contribution in [-0.4, -0.2) is 41.4 Å². The molecular weight excluding hydrogens is 326 g/mol. The van der Waals surface area contributed by atoms with Crippen molar-refractivity contribution in [2.45, 2.75) is 17.9 Å². The van der Waals surface area contributed by atoms with Crippen molar-refractivity contribution in [3.63, 3.8) is 0 Å². The molecule has 2 amide bonds. The van der Waals surface area contributed by atoms with Crippen molar-refractivity contribution in [3.8, 4) is 0 Å². The molecule has 8 heteroatoms. The van der Waals surface area contributed by atoms with Gasteiger partial charge in [-0.3, -0.25) is 14.3 Å². The first kappa shape index (κ1) is 18.0. The highest BCUT2D eigenvalue weighted by atomic mass is 32.2. The number of anilines is 2. The van der Waals surface area contributed by atoms with Crippen LogP contribution in [0.4, 0.5) is 11.4 Å². The van der Waals surface area contributed by atoms with E-state index in [1.54, 1.807) is 25.0 Å².